The van der Waals surface area contributed by atoms with Gasteiger partial charge in [0, 0.05) is 27.2 Å². The Morgan fingerprint density at radius 3 is 2.18 bits per heavy atom. The zero-order valence-electron chi connectivity index (χ0n) is 6.99. The highest BCUT2D eigenvalue weighted by Gasteiger charge is 2.11. The number of methoxy groups -OCH3 is 2. The molecule has 0 aromatic heterocycles. The number of aliphatic hydroxyl groups is 2. The summed E-state index contributed by atoms with van der Waals surface area (Å²) in [6.45, 7) is -0.0126. The van der Waals surface area contributed by atoms with Gasteiger partial charge in [0.05, 0.1) is 6.10 Å². The van der Waals surface area contributed by atoms with Crippen LogP contribution in [0.5, 0.6) is 0 Å². The van der Waals surface area contributed by atoms with Crippen LogP contribution in [-0.2, 0) is 9.47 Å². The highest BCUT2D eigenvalue weighted by molar-refractivity contribution is 4.56. The molecule has 68 valence electrons. The summed E-state index contributed by atoms with van der Waals surface area (Å²) in [5, 5.41) is 17.6. The van der Waals surface area contributed by atoms with Crippen LogP contribution >= 0.6 is 0 Å². The van der Waals surface area contributed by atoms with Crippen LogP contribution in [0.3, 0.4) is 0 Å². The first-order valence-corrected chi connectivity index (χ1v) is 3.59. The molecule has 4 nitrogen and oxygen atoms in total. The zero-order chi connectivity index (χ0) is 8.69. The Bertz CT molecular complexity index is 82.5. The summed E-state index contributed by atoms with van der Waals surface area (Å²) in [4.78, 5) is 0. The molecule has 0 heterocycles. The first kappa shape index (κ1) is 10.8. The Morgan fingerprint density at radius 2 is 1.82 bits per heavy atom. The van der Waals surface area contributed by atoms with E-state index in [0.29, 0.717) is 12.8 Å². The molecule has 0 aliphatic rings. The highest BCUT2D eigenvalue weighted by atomic mass is 16.7. The van der Waals surface area contributed by atoms with Crippen molar-refractivity contribution in [3.63, 3.8) is 0 Å². The second-order valence-corrected chi connectivity index (χ2v) is 2.30. The smallest absolute Gasteiger partial charge is 0.159 e. The van der Waals surface area contributed by atoms with E-state index in [-0.39, 0.29) is 12.9 Å². The largest absolute Gasteiger partial charge is 0.396 e. The molecule has 1 unspecified atom stereocenters. The number of aliphatic hydroxyl groups excluding tert-OH is 2. The van der Waals surface area contributed by atoms with Gasteiger partial charge in [-0.1, -0.05) is 0 Å². The lowest BCUT2D eigenvalue weighted by Gasteiger charge is -2.16. The van der Waals surface area contributed by atoms with Crippen molar-refractivity contribution in [1.82, 2.24) is 0 Å². The van der Waals surface area contributed by atoms with E-state index in [4.69, 9.17) is 19.7 Å². The average molecular weight is 164 g/mol. The minimum atomic E-state index is -0.551. The molecule has 0 aromatic carbocycles. The first-order valence-electron chi connectivity index (χ1n) is 3.59. The summed E-state index contributed by atoms with van der Waals surface area (Å²) in [5.41, 5.74) is 0. The van der Waals surface area contributed by atoms with Crippen molar-refractivity contribution in [2.45, 2.75) is 25.2 Å². The summed E-state index contributed by atoms with van der Waals surface area (Å²) in [7, 11) is 3.03. The Kier molecular flexibility index (Phi) is 6.45. The van der Waals surface area contributed by atoms with Crippen molar-refractivity contribution in [2.75, 3.05) is 20.8 Å². The summed E-state index contributed by atoms with van der Waals surface area (Å²) in [6, 6.07) is 0. The van der Waals surface area contributed by atoms with Crippen LogP contribution in [0, 0.1) is 0 Å². The lowest BCUT2D eigenvalue weighted by Crippen LogP contribution is -2.22. The maximum atomic E-state index is 9.16. The SMILES string of the molecule is COC(CC(O)CCO)OC. The fourth-order valence-corrected chi connectivity index (χ4v) is 0.778. The molecule has 0 aliphatic carbocycles. The Morgan fingerprint density at radius 1 is 1.27 bits per heavy atom. The summed E-state index contributed by atoms with van der Waals surface area (Å²) >= 11 is 0. The fraction of sp³-hybridized carbons (Fsp3) is 1.00. The van der Waals surface area contributed by atoms with E-state index < -0.39 is 6.10 Å². The van der Waals surface area contributed by atoms with E-state index in [2.05, 4.69) is 0 Å². The van der Waals surface area contributed by atoms with Gasteiger partial charge in [0.25, 0.3) is 0 Å². The van der Waals surface area contributed by atoms with Crippen LogP contribution in [0.1, 0.15) is 12.8 Å². The molecule has 0 radical (unpaired) electrons. The topological polar surface area (TPSA) is 58.9 Å². The molecule has 1 atom stereocenters. The molecule has 0 saturated heterocycles. The number of hydrogen-bond acceptors (Lipinski definition) is 4. The van der Waals surface area contributed by atoms with Gasteiger partial charge in [-0.25, -0.2) is 0 Å². The van der Waals surface area contributed by atoms with Crippen LogP contribution < -0.4 is 0 Å². The monoisotopic (exact) mass is 164 g/mol. The minimum absolute atomic E-state index is 0.0126. The highest BCUT2D eigenvalue weighted by Crippen LogP contribution is 2.04. The normalized spacial score (nSPS) is 13.9. The van der Waals surface area contributed by atoms with E-state index in [1.807, 2.05) is 0 Å². The van der Waals surface area contributed by atoms with Crippen molar-refractivity contribution < 1.29 is 19.7 Å². The van der Waals surface area contributed by atoms with E-state index >= 15 is 0 Å². The van der Waals surface area contributed by atoms with Gasteiger partial charge in [-0.2, -0.15) is 0 Å². The van der Waals surface area contributed by atoms with E-state index in [1.54, 1.807) is 0 Å². The molecular weight excluding hydrogens is 148 g/mol. The van der Waals surface area contributed by atoms with Crippen LogP contribution in [0.15, 0.2) is 0 Å². The van der Waals surface area contributed by atoms with Gasteiger partial charge in [0.2, 0.25) is 0 Å². The average Bonchev–Trinajstić information content (AvgIpc) is 2.01. The molecule has 11 heavy (non-hydrogen) atoms. The van der Waals surface area contributed by atoms with Gasteiger partial charge < -0.3 is 19.7 Å². The molecule has 0 amide bonds. The van der Waals surface area contributed by atoms with Crippen molar-refractivity contribution >= 4 is 0 Å². The molecule has 0 saturated carbocycles. The van der Waals surface area contributed by atoms with Crippen molar-refractivity contribution in [3.8, 4) is 0 Å². The van der Waals surface area contributed by atoms with E-state index in [9.17, 15) is 0 Å². The minimum Gasteiger partial charge on any atom is -0.396 e. The molecule has 0 aromatic rings. The third-order valence-corrected chi connectivity index (χ3v) is 1.45. The van der Waals surface area contributed by atoms with Gasteiger partial charge in [-0.3, -0.25) is 0 Å². The maximum Gasteiger partial charge on any atom is 0.159 e. The van der Waals surface area contributed by atoms with Gasteiger partial charge in [-0.05, 0) is 6.42 Å². The standard InChI is InChI=1S/C7H16O4/c1-10-7(11-2)5-6(9)3-4-8/h6-9H,3-5H2,1-2H3. The van der Waals surface area contributed by atoms with Gasteiger partial charge in [-0.15, -0.1) is 0 Å². The molecule has 0 rings (SSSR count). The molecule has 0 spiro atoms. The lowest BCUT2D eigenvalue weighted by atomic mass is 10.2. The molecule has 0 bridgehead atoms. The predicted molar refractivity (Wildman–Crippen MR) is 40.1 cm³/mol. The Balaban J connectivity index is 3.44. The molecular formula is C7H16O4. The number of ether oxygens (including phenoxy) is 2. The molecule has 2 N–H and O–H groups in total. The molecule has 0 aliphatic heterocycles. The van der Waals surface area contributed by atoms with Gasteiger partial charge >= 0.3 is 0 Å². The van der Waals surface area contributed by atoms with Crippen molar-refractivity contribution in [1.29, 1.82) is 0 Å². The second-order valence-electron chi connectivity index (χ2n) is 2.30. The summed E-state index contributed by atoms with van der Waals surface area (Å²) in [5.74, 6) is 0. The number of rotatable bonds is 6. The van der Waals surface area contributed by atoms with E-state index in [0.717, 1.165) is 0 Å². The van der Waals surface area contributed by atoms with Gasteiger partial charge in [0.1, 0.15) is 0 Å². The Labute approximate surface area is 66.7 Å². The maximum absolute atomic E-state index is 9.16. The second kappa shape index (κ2) is 6.54. The first-order chi connectivity index (χ1) is 5.24. The van der Waals surface area contributed by atoms with Gasteiger partial charge in [0.15, 0.2) is 6.29 Å². The Hall–Kier alpha value is -0.160. The van der Waals surface area contributed by atoms with Crippen molar-refractivity contribution in [3.05, 3.63) is 0 Å². The third-order valence-electron chi connectivity index (χ3n) is 1.45. The summed E-state index contributed by atoms with van der Waals surface area (Å²) < 4.78 is 9.71. The number of hydrogen-bond donors (Lipinski definition) is 2. The molecule has 4 heteroatoms. The van der Waals surface area contributed by atoms with Crippen LogP contribution in [0.4, 0.5) is 0 Å². The quantitative estimate of drug-likeness (QED) is 0.531. The van der Waals surface area contributed by atoms with E-state index in [1.165, 1.54) is 14.2 Å². The summed E-state index contributed by atoms with van der Waals surface area (Å²) in [6.07, 6.45) is -0.169. The van der Waals surface area contributed by atoms with Crippen LogP contribution in [0.25, 0.3) is 0 Å². The predicted octanol–water partition coefficient (Wildman–Crippen LogP) is -0.261. The van der Waals surface area contributed by atoms with Crippen molar-refractivity contribution in [2.24, 2.45) is 0 Å². The third kappa shape index (κ3) is 5.15. The fourth-order valence-electron chi connectivity index (χ4n) is 0.778. The van der Waals surface area contributed by atoms with Crippen LogP contribution in [-0.4, -0.2) is 43.4 Å². The molecule has 0 fully saturated rings. The zero-order valence-corrected chi connectivity index (χ0v) is 6.99. The lowest BCUT2D eigenvalue weighted by molar-refractivity contribution is -0.123. The van der Waals surface area contributed by atoms with Crippen LogP contribution in [0.2, 0.25) is 0 Å².